The Morgan fingerprint density at radius 1 is 0.968 bits per heavy atom. The third kappa shape index (κ3) is 9.39. The summed E-state index contributed by atoms with van der Waals surface area (Å²) >= 11 is 0. The van der Waals surface area contributed by atoms with Crippen molar-refractivity contribution in [3.05, 3.63) is 64.7 Å². The number of hydrogen-bond acceptors (Lipinski definition) is 3. The molecule has 4 nitrogen and oxygen atoms in total. The number of nitrogens with zero attached hydrogens (tertiary/aromatic N) is 1. The van der Waals surface area contributed by atoms with E-state index < -0.39 is 5.97 Å². The van der Waals surface area contributed by atoms with Crippen molar-refractivity contribution in [1.29, 1.82) is 0 Å². The first-order valence-corrected chi connectivity index (χ1v) is 11.1. The van der Waals surface area contributed by atoms with E-state index in [9.17, 15) is 4.79 Å². The second-order valence-electron chi connectivity index (χ2n) is 8.22. The van der Waals surface area contributed by atoms with Crippen LogP contribution in [0.4, 0.5) is 0 Å². The number of aromatic carboxylic acids is 1. The van der Waals surface area contributed by atoms with Crippen LogP contribution in [0.2, 0.25) is 0 Å². The minimum absolute atomic E-state index is 0.251. The number of unbranched alkanes of at least 4 members (excludes halogenated alkanes) is 1. The first-order valence-electron chi connectivity index (χ1n) is 11.1. The molecule has 0 saturated heterocycles. The average molecular weight is 426 g/mol. The zero-order chi connectivity index (χ0) is 23.4. The molecule has 0 amide bonds. The highest BCUT2D eigenvalue weighted by atomic mass is 16.5. The Morgan fingerprint density at radius 2 is 1.58 bits per heavy atom. The number of benzene rings is 2. The first-order chi connectivity index (χ1) is 14.7. The summed E-state index contributed by atoms with van der Waals surface area (Å²) < 4.78 is 5.88. The summed E-state index contributed by atoms with van der Waals surface area (Å²) in [6.07, 6.45) is 4.85. The summed E-state index contributed by atoms with van der Waals surface area (Å²) in [7, 11) is 4.21. The van der Waals surface area contributed by atoms with Gasteiger partial charge in [-0.25, -0.2) is 4.79 Å². The van der Waals surface area contributed by atoms with Gasteiger partial charge in [0.25, 0.3) is 0 Å². The molecule has 0 bridgehead atoms. The number of hydrogen-bond donors (Lipinski definition) is 1. The fourth-order valence-electron chi connectivity index (χ4n) is 3.14. The number of carboxylic acid groups (broad SMARTS) is 1. The molecule has 0 radical (unpaired) electrons. The Bertz CT molecular complexity index is 851. The van der Waals surface area contributed by atoms with Gasteiger partial charge in [0.2, 0.25) is 0 Å². The van der Waals surface area contributed by atoms with Crippen LogP contribution >= 0.6 is 0 Å². The van der Waals surface area contributed by atoms with E-state index in [1.807, 2.05) is 6.07 Å². The Kier molecular flexibility index (Phi) is 11.7. The van der Waals surface area contributed by atoms with E-state index in [1.165, 1.54) is 41.7 Å². The molecule has 2 aromatic carbocycles. The van der Waals surface area contributed by atoms with Crippen LogP contribution < -0.4 is 4.74 Å². The second kappa shape index (κ2) is 13.7. The largest absolute Gasteiger partial charge is 0.478 e. The van der Waals surface area contributed by atoms with Crippen LogP contribution in [0.15, 0.2) is 48.0 Å². The van der Waals surface area contributed by atoms with Gasteiger partial charge in [-0.2, -0.15) is 0 Å². The van der Waals surface area contributed by atoms with Crippen LogP contribution in [0, 0.1) is 6.92 Å². The Hall–Kier alpha value is -2.59. The molecular formula is C27H39NO3. The smallest absolute Gasteiger partial charge is 0.335 e. The molecule has 1 N–H and O–H groups in total. The Morgan fingerprint density at radius 3 is 2.06 bits per heavy atom. The van der Waals surface area contributed by atoms with Gasteiger partial charge in [0.15, 0.2) is 0 Å². The molecule has 170 valence electrons. The van der Waals surface area contributed by atoms with E-state index in [-0.39, 0.29) is 5.56 Å². The lowest BCUT2D eigenvalue weighted by Crippen LogP contribution is -2.12. The van der Waals surface area contributed by atoms with Gasteiger partial charge in [-0.1, -0.05) is 38.3 Å². The van der Waals surface area contributed by atoms with Crippen LogP contribution in [0.5, 0.6) is 11.5 Å². The van der Waals surface area contributed by atoms with Crippen molar-refractivity contribution in [2.45, 2.75) is 60.3 Å². The van der Waals surface area contributed by atoms with E-state index in [1.54, 1.807) is 24.3 Å². The molecule has 2 rings (SSSR count). The van der Waals surface area contributed by atoms with E-state index in [4.69, 9.17) is 9.84 Å². The Labute approximate surface area is 188 Å². The van der Waals surface area contributed by atoms with Gasteiger partial charge >= 0.3 is 5.97 Å². The van der Waals surface area contributed by atoms with Crippen molar-refractivity contribution < 1.29 is 14.6 Å². The third-order valence-corrected chi connectivity index (χ3v) is 5.17. The highest BCUT2D eigenvalue weighted by molar-refractivity contribution is 5.87. The van der Waals surface area contributed by atoms with Gasteiger partial charge in [0.05, 0.1) is 5.56 Å². The standard InChI is InChI=1S/C21H24O3.C6H15N/c1-5-6-14(2)16(4)20-13-19(10-7-15(20)3)24-18-11-8-17(9-12-18)21(22)23;1-4-5-6-7(2)3/h7-13H,5-6H2,1-4H3,(H,22,23);4-6H2,1-3H3/b16-14-;. The Balaban J connectivity index is 0.000000592. The van der Waals surface area contributed by atoms with Gasteiger partial charge in [0, 0.05) is 0 Å². The SMILES string of the molecule is CCC/C(C)=C(/C)c1cc(Oc2ccc(C(=O)O)cc2)ccc1C.CCCCN(C)C. The van der Waals surface area contributed by atoms with Crippen molar-refractivity contribution in [3.63, 3.8) is 0 Å². The summed E-state index contributed by atoms with van der Waals surface area (Å²) in [5, 5.41) is 8.94. The zero-order valence-electron chi connectivity index (χ0n) is 20.3. The summed E-state index contributed by atoms with van der Waals surface area (Å²) in [5.41, 5.74) is 5.35. The fraction of sp³-hybridized carbons (Fsp3) is 0.444. The van der Waals surface area contributed by atoms with Crippen molar-refractivity contribution >= 4 is 11.5 Å². The molecule has 2 aromatic rings. The maximum atomic E-state index is 10.9. The van der Waals surface area contributed by atoms with Gasteiger partial charge in [-0.05, 0) is 107 Å². The molecule has 0 heterocycles. The van der Waals surface area contributed by atoms with Crippen LogP contribution in [-0.4, -0.2) is 36.6 Å². The predicted octanol–water partition coefficient (Wildman–Crippen LogP) is 7.43. The second-order valence-corrected chi connectivity index (χ2v) is 8.22. The van der Waals surface area contributed by atoms with Crippen molar-refractivity contribution in [2.24, 2.45) is 0 Å². The van der Waals surface area contributed by atoms with Gasteiger partial charge in [-0.15, -0.1) is 0 Å². The lowest BCUT2D eigenvalue weighted by molar-refractivity contribution is 0.0697. The van der Waals surface area contributed by atoms with E-state index >= 15 is 0 Å². The van der Waals surface area contributed by atoms with E-state index in [0.717, 1.165) is 18.6 Å². The van der Waals surface area contributed by atoms with Gasteiger partial charge in [0.1, 0.15) is 11.5 Å². The lowest BCUT2D eigenvalue weighted by Gasteiger charge is -2.13. The highest BCUT2D eigenvalue weighted by Gasteiger charge is 2.08. The quantitative estimate of drug-likeness (QED) is 0.454. The molecule has 0 aliphatic heterocycles. The molecule has 0 aliphatic carbocycles. The highest BCUT2D eigenvalue weighted by Crippen LogP contribution is 2.30. The number of rotatable bonds is 9. The molecule has 0 aliphatic rings. The fourth-order valence-corrected chi connectivity index (χ4v) is 3.14. The molecule has 0 spiro atoms. The van der Waals surface area contributed by atoms with Crippen LogP contribution in [-0.2, 0) is 0 Å². The normalized spacial score (nSPS) is 11.5. The maximum absolute atomic E-state index is 10.9. The van der Waals surface area contributed by atoms with Gasteiger partial charge < -0.3 is 14.7 Å². The molecule has 0 fully saturated rings. The maximum Gasteiger partial charge on any atom is 0.335 e. The molecule has 31 heavy (non-hydrogen) atoms. The summed E-state index contributed by atoms with van der Waals surface area (Å²) in [4.78, 5) is 13.1. The predicted molar refractivity (Wildman–Crippen MR) is 131 cm³/mol. The minimum Gasteiger partial charge on any atom is -0.478 e. The lowest BCUT2D eigenvalue weighted by atomic mass is 9.96. The summed E-state index contributed by atoms with van der Waals surface area (Å²) in [5.74, 6) is 0.440. The number of aryl methyl sites for hydroxylation is 1. The monoisotopic (exact) mass is 425 g/mol. The van der Waals surface area contributed by atoms with Gasteiger partial charge in [-0.3, -0.25) is 0 Å². The molecule has 0 aromatic heterocycles. The topological polar surface area (TPSA) is 49.8 Å². The third-order valence-electron chi connectivity index (χ3n) is 5.17. The van der Waals surface area contributed by atoms with Crippen molar-refractivity contribution in [1.82, 2.24) is 4.90 Å². The van der Waals surface area contributed by atoms with Crippen molar-refractivity contribution in [3.8, 4) is 11.5 Å². The number of carbonyl (C=O) groups is 1. The minimum atomic E-state index is -0.939. The molecule has 4 heteroatoms. The number of ether oxygens (including phenoxy) is 1. The van der Waals surface area contributed by atoms with Crippen molar-refractivity contribution in [2.75, 3.05) is 20.6 Å². The van der Waals surface area contributed by atoms with E-state index in [2.05, 4.69) is 65.7 Å². The van der Waals surface area contributed by atoms with Crippen LogP contribution in [0.25, 0.3) is 5.57 Å². The average Bonchev–Trinajstić information content (AvgIpc) is 2.74. The molecule has 0 unspecified atom stereocenters. The number of carboxylic acids is 1. The first kappa shape index (κ1) is 26.4. The number of allylic oxidation sites excluding steroid dienone is 2. The van der Waals surface area contributed by atoms with E-state index in [0.29, 0.717) is 5.75 Å². The summed E-state index contributed by atoms with van der Waals surface area (Å²) in [6, 6.07) is 12.5. The zero-order valence-corrected chi connectivity index (χ0v) is 20.3. The summed E-state index contributed by atoms with van der Waals surface area (Å²) in [6.45, 7) is 12.1. The molecule has 0 saturated carbocycles. The van der Waals surface area contributed by atoms with Crippen LogP contribution in [0.1, 0.15) is 74.9 Å². The molecule has 0 atom stereocenters. The van der Waals surface area contributed by atoms with Crippen LogP contribution in [0.3, 0.4) is 0 Å². The molecular weight excluding hydrogens is 386 g/mol.